The minimum atomic E-state index is -3.53. The number of amides is 1. The van der Waals surface area contributed by atoms with Crippen molar-refractivity contribution >= 4 is 33.3 Å². The standard InChI is InChI=1S/C32H34N2O5S/c1-34(28-10-12-29(35)13-11-28)21-22-3-8-27(9-4-22)33-32(36)25-17-18-40(37,38)31-16-7-24(19-26(31)20-25)23-5-14-30(39-2)15-6-23/h3-9,14-16,19-20,28H,10-13,17-18,21H2,1-2H3,(H,33,36). The van der Waals surface area contributed by atoms with E-state index in [1.54, 1.807) is 25.3 Å². The van der Waals surface area contributed by atoms with Gasteiger partial charge in [0.25, 0.3) is 5.91 Å². The Morgan fingerprint density at radius 1 is 0.950 bits per heavy atom. The molecule has 1 fully saturated rings. The molecule has 3 aromatic carbocycles. The van der Waals surface area contributed by atoms with Crippen LogP contribution in [-0.2, 0) is 26.0 Å². The van der Waals surface area contributed by atoms with Crippen molar-refractivity contribution in [1.29, 1.82) is 0 Å². The molecule has 0 saturated heterocycles. The van der Waals surface area contributed by atoms with Gasteiger partial charge in [-0.15, -0.1) is 0 Å². The van der Waals surface area contributed by atoms with Gasteiger partial charge in [-0.1, -0.05) is 30.3 Å². The summed E-state index contributed by atoms with van der Waals surface area (Å²) in [5.41, 5.74) is 4.49. The molecule has 2 aliphatic rings. The SMILES string of the molecule is COc1ccc(-c2ccc3c(c2)C=C(C(=O)Nc2ccc(CN(C)C4CCC(=O)CC4)cc2)CCS3(=O)=O)cc1. The van der Waals surface area contributed by atoms with Crippen LogP contribution in [0.1, 0.15) is 43.2 Å². The summed E-state index contributed by atoms with van der Waals surface area (Å²) >= 11 is 0. The monoisotopic (exact) mass is 558 g/mol. The van der Waals surface area contributed by atoms with Gasteiger partial charge in [0.15, 0.2) is 9.84 Å². The molecule has 8 heteroatoms. The number of methoxy groups -OCH3 is 1. The van der Waals surface area contributed by atoms with E-state index in [9.17, 15) is 18.0 Å². The molecule has 7 nitrogen and oxygen atoms in total. The third-order valence-corrected chi connectivity index (χ3v) is 9.59. The first-order valence-corrected chi connectivity index (χ1v) is 15.2. The van der Waals surface area contributed by atoms with Crippen molar-refractivity contribution in [3.63, 3.8) is 0 Å². The number of hydrogen-bond donors (Lipinski definition) is 1. The number of nitrogens with zero attached hydrogens (tertiary/aromatic N) is 1. The molecular weight excluding hydrogens is 524 g/mol. The number of sulfone groups is 1. The summed E-state index contributed by atoms with van der Waals surface area (Å²) in [5, 5.41) is 2.94. The van der Waals surface area contributed by atoms with Gasteiger partial charge >= 0.3 is 0 Å². The Balaban J connectivity index is 1.30. The highest BCUT2D eigenvalue weighted by Crippen LogP contribution is 2.32. The molecule has 1 aliphatic carbocycles. The fourth-order valence-electron chi connectivity index (χ4n) is 5.39. The van der Waals surface area contributed by atoms with Crippen LogP contribution < -0.4 is 10.1 Å². The molecule has 0 atom stereocenters. The lowest BCUT2D eigenvalue weighted by atomic mass is 9.93. The first-order chi connectivity index (χ1) is 19.2. The van der Waals surface area contributed by atoms with Crippen LogP contribution in [-0.4, -0.2) is 51.0 Å². The predicted molar refractivity (Wildman–Crippen MR) is 157 cm³/mol. The van der Waals surface area contributed by atoms with Gasteiger partial charge in [0.2, 0.25) is 0 Å². The van der Waals surface area contributed by atoms with Crippen LogP contribution in [0.25, 0.3) is 17.2 Å². The zero-order valence-corrected chi connectivity index (χ0v) is 23.7. The highest BCUT2D eigenvalue weighted by atomic mass is 32.2. The number of benzene rings is 3. The van der Waals surface area contributed by atoms with Gasteiger partial charge in [0, 0.05) is 36.7 Å². The van der Waals surface area contributed by atoms with Crippen molar-refractivity contribution in [2.24, 2.45) is 0 Å². The highest BCUT2D eigenvalue weighted by Gasteiger charge is 2.25. The first-order valence-electron chi connectivity index (χ1n) is 13.6. The Bertz CT molecular complexity index is 1530. The Kier molecular flexibility index (Phi) is 8.19. The number of rotatable bonds is 7. The number of hydrogen-bond acceptors (Lipinski definition) is 6. The number of fused-ring (bicyclic) bond motifs is 1. The summed E-state index contributed by atoms with van der Waals surface area (Å²) in [7, 11) is 0.158. The van der Waals surface area contributed by atoms with E-state index in [1.165, 1.54) is 0 Å². The molecule has 5 rings (SSSR count). The van der Waals surface area contributed by atoms with Crippen LogP contribution in [0.15, 0.2) is 77.2 Å². The maximum absolute atomic E-state index is 13.2. The molecule has 1 N–H and O–H groups in total. The van der Waals surface area contributed by atoms with Crippen molar-refractivity contribution in [3.8, 4) is 16.9 Å². The quantitative estimate of drug-likeness (QED) is 0.411. The third kappa shape index (κ3) is 6.35. The maximum atomic E-state index is 13.2. The Labute approximate surface area is 235 Å². The van der Waals surface area contributed by atoms with Gasteiger partial charge in [0.05, 0.1) is 17.8 Å². The molecule has 0 radical (unpaired) electrons. The minimum Gasteiger partial charge on any atom is -0.497 e. The second-order valence-corrected chi connectivity index (χ2v) is 12.6. The Hall–Kier alpha value is -3.75. The molecule has 0 unspecified atom stereocenters. The number of nitrogens with one attached hydrogen (secondary N) is 1. The average molecular weight is 559 g/mol. The van der Waals surface area contributed by atoms with Crippen molar-refractivity contribution < 1.29 is 22.7 Å². The van der Waals surface area contributed by atoms with E-state index in [1.807, 2.05) is 54.6 Å². The molecule has 1 heterocycles. The number of carbonyl (C=O) groups excluding carboxylic acids is 2. The van der Waals surface area contributed by atoms with Crippen LogP contribution in [0.5, 0.6) is 5.75 Å². The average Bonchev–Trinajstić information content (AvgIpc) is 3.09. The lowest BCUT2D eigenvalue weighted by Crippen LogP contribution is -2.34. The van der Waals surface area contributed by atoms with Crippen LogP contribution in [0.4, 0.5) is 5.69 Å². The number of ether oxygens (including phenoxy) is 1. The fourth-order valence-corrected chi connectivity index (χ4v) is 6.85. The topological polar surface area (TPSA) is 92.8 Å². The van der Waals surface area contributed by atoms with Gasteiger partial charge in [0.1, 0.15) is 11.5 Å². The molecule has 208 valence electrons. The van der Waals surface area contributed by atoms with E-state index < -0.39 is 9.84 Å². The van der Waals surface area contributed by atoms with E-state index in [2.05, 4.69) is 17.3 Å². The summed E-state index contributed by atoms with van der Waals surface area (Å²) < 4.78 is 31.2. The summed E-state index contributed by atoms with van der Waals surface area (Å²) in [6.45, 7) is 0.767. The van der Waals surface area contributed by atoms with Crippen LogP contribution in [0.3, 0.4) is 0 Å². The lowest BCUT2D eigenvalue weighted by Gasteiger charge is -2.30. The zero-order valence-electron chi connectivity index (χ0n) is 22.9. The van der Waals surface area contributed by atoms with Gasteiger partial charge in [-0.05, 0) is 91.0 Å². The lowest BCUT2D eigenvalue weighted by molar-refractivity contribution is -0.121. The van der Waals surface area contributed by atoms with Gasteiger partial charge < -0.3 is 10.1 Å². The normalized spacial score (nSPS) is 17.1. The van der Waals surface area contributed by atoms with Crippen molar-refractivity contribution in [3.05, 3.63) is 83.4 Å². The van der Waals surface area contributed by atoms with Gasteiger partial charge in [-0.2, -0.15) is 0 Å². The van der Waals surface area contributed by atoms with E-state index in [0.717, 1.165) is 41.8 Å². The van der Waals surface area contributed by atoms with E-state index in [-0.39, 0.29) is 23.0 Å². The molecule has 3 aromatic rings. The van der Waals surface area contributed by atoms with Crippen molar-refractivity contribution in [2.45, 2.75) is 49.6 Å². The van der Waals surface area contributed by atoms with Gasteiger partial charge in [-0.25, -0.2) is 8.42 Å². The summed E-state index contributed by atoms with van der Waals surface area (Å²) in [6, 6.07) is 20.9. The predicted octanol–water partition coefficient (Wildman–Crippen LogP) is 5.51. The molecule has 1 aliphatic heterocycles. The summed E-state index contributed by atoms with van der Waals surface area (Å²) in [4.78, 5) is 27.3. The Morgan fingerprint density at radius 2 is 1.62 bits per heavy atom. The number of ketones is 1. The van der Waals surface area contributed by atoms with Crippen molar-refractivity contribution in [1.82, 2.24) is 4.90 Å². The van der Waals surface area contributed by atoms with Gasteiger partial charge in [-0.3, -0.25) is 14.5 Å². The maximum Gasteiger partial charge on any atom is 0.251 e. The molecule has 1 amide bonds. The first kappa shape index (κ1) is 27.8. The molecule has 1 saturated carbocycles. The zero-order chi connectivity index (χ0) is 28.3. The van der Waals surface area contributed by atoms with E-state index >= 15 is 0 Å². The smallest absolute Gasteiger partial charge is 0.251 e. The fraction of sp³-hybridized carbons (Fsp3) is 0.312. The number of carbonyl (C=O) groups is 2. The van der Waals surface area contributed by atoms with E-state index in [4.69, 9.17) is 4.74 Å². The second kappa shape index (κ2) is 11.8. The summed E-state index contributed by atoms with van der Waals surface area (Å²) in [6.07, 6.45) is 4.95. The molecule has 0 bridgehead atoms. The third-order valence-electron chi connectivity index (χ3n) is 7.81. The highest BCUT2D eigenvalue weighted by molar-refractivity contribution is 7.91. The van der Waals surface area contributed by atoms with Crippen LogP contribution in [0.2, 0.25) is 0 Å². The van der Waals surface area contributed by atoms with E-state index in [0.29, 0.717) is 41.5 Å². The summed E-state index contributed by atoms with van der Waals surface area (Å²) in [5.74, 6) is 0.656. The van der Waals surface area contributed by atoms with Crippen molar-refractivity contribution in [2.75, 3.05) is 25.2 Å². The number of anilines is 1. The molecular formula is C32H34N2O5S. The molecule has 0 aromatic heterocycles. The molecule has 0 spiro atoms. The van der Waals surface area contributed by atoms with Crippen LogP contribution in [0, 0.1) is 0 Å². The Morgan fingerprint density at radius 3 is 2.30 bits per heavy atom. The largest absolute Gasteiger partial charge is 0.497 e. The minimum absolute atomic E-state index is 0.126. The second-order valence-electron chi connectivity index (χ2n) is 10.6. The van der Waals surface area contributed by atoms with Crippen LogP contribution >= 0.6 is 0 Å². The molecule has 40 heavy (non-hydrogen) atoms. The number of Topliss-reactive ketones (excluding diaryl/α,β-unsaturated/α-hetero) is 1.